The van der Waals surface area contributed by atoms with Crippen LogP contribution in [0.3, 0.4) is 0 Å². The average Bonchev–Trinajstić information content (AvgIpc) is 3.16. The van der Waals surface area contributed by atoms with Crippen molar-refractivity contribution in [3.63, 3.8) is 0 Å². The number of anilines is 1. The van der Waals surface area contributed by atoms with E-state index in [2.05, 4.69) is 10.6 Å². The molecule has 0 aliphatic carbocycles. The van der Waals surface area contributed by atoms with Crippen LogP contribution in [0.25, 0.3) is 0 Å². The largest absolute Gasteiger partial charge is 0.375 e. The first kappa shape index (κ1) is 17.9. The first-order valence-electron chi connectivity index (χ1n) is 9.16. The number of carbonyl (C=O) groups excluding carboxylic acids is 2. The summed E-state index contributed by atoms with van der Waals surface area (Å²) in [5, 5.41) is 6.10. The molecule has 2 saturated heterocycles. The van der Waals surface area contributed by atoms with Crippen LogP contribution in [0.4, 0.5) is 5.69 Å². The highest BCUT2D eigenvalue weighted by Crippen LogP contribution is 2.15. The Balaban J connectivity index is 1.48. The Hall–Kier alpha value is -1.92. The van der Waals surface area contributed by atoms with Gasteiger partial charge in [-0.25, -0.2) is 0 Å². The van der Waals surface area contributed by atoms with E-state index in [1.54, 1.807) is 0 Å². The molecule has 0 saturated carbocycles. The van der Waals surface area contributed by atoms with Crippen LogP contribution >= 0.6 is 0 Å². The summed E-state index contributed by atoms with van der Waals surface area (Å²) in [6.45, 7) is 5.03. The number of hydrogen-bond acceptors (Lipinski definition) is 4. The number of hydrogen-bond donors (Lipinski definition) is 2. The molecule has 0 aromatic heterocycles. The van der Waals surface area contributed by atoms with Gasteiger partial charge in [0.2, 0.25) is 11.8 Å². The molecule has 6 nitrogen and oxygen atoms in total. The van der Waals surface area contributed by atoms with Crippen molar-refractivity contribution in [3.8, 4) is 0 Å². The van der Waals surface area contributed by atoms with E-state index in [0.717, 1.165) is 43.6 Å². The third-order valence-corrected chi connectivity index (χ3v) is 4.91. The Kier molecular flexibility index (Phi) is 6.04. The predicted octanol–water partition coefficient (Wildman–Crippen LogP) is 1.56. The van der Waals surface area contributed by atoms with E-state index in [-0.39, 0.29) is 24.0 Å². The lowest BCUT2D eigenvalue weighted by Gasteiger charge is -2.29. The van der Waals surface area contributed by atoms with Gasteiger partial charge in [0.25, 0.3) is 0 Å². The van der Waals surface area contributed by atoms with Crippen molar-refractivity contribution in [1.29, 1.82) is 0 Å². The lowest BCUT2D eigenvalue weighted by atomic mass is 10.1. The minimum atomic E-state index is -0.327. The van der Waals surface area contributed by atoms with Gasteiger partial charge in [0.15, 0.2) is 0 Å². The van der Waals surface area contributed by atoms with Gasteiger partial charge < -0.3 is 20.3 Å². The maximum absolute atomic E-state index is 12.3. The van der Waals surface area contributed by atoms with E-state index in [0.29, 0.717) is 19.6 Å². The van der Waals surface area contributed by atoms with Crippen molar-refractivity contribution in [1.82, 2.24) is 10.2 Å². The molecule has 2 aliphatic rings. The Labute approximate surface area is 148 Å². The van der Waals surface area contributed by atoms with E-state index < -0.39 is 0 Å². The summed E-state index contributed by atoms with van der Waals surface area (Å²) in [5.74, 6) is 0.163. The Morgan fingerprint density at radius 1 is 1.24 bits per heavy atom. The highest BCUT2D eigenvalue weighted by molar-refractivity contribution is 5.95. The van der Waals surface area contributed by atoms with Crippen LogP contribution in [0.5, 0.6) is 0 Å². The molecule has 2 fully saturated rings. The van der Waals surface area contributed by atoms with E-state index in [4.69, 9.17) is 4.74 Å². The molecule has 0 bridgehead atoms. The quantitative estimate of drug-likeness (QED) is 0.850. The standard InChI is InChI=1S/C19H27N3O3/c1-14-18(20-10-13-25-14)19(24)21-16-7-4-15(5-8-16)6-9-17(23)22-11-2-3-12-22/h4-5,7-8,14,18,20H,2-3,6,9-13H2,1H3,(H,21,24)/t14-,18+/m1/s1. The fraction of sp³-hybridized carbons (Fsp3) is 0.579. The minimum Gasteiger partial charge on any atom is -0.375 e. The highest BCUT2D eigenvalue weighted by atomic mass is 16.5. The molecule has 0 radical (unpaired) electrons. The summed E-state index contributed by atoms with van der Waals surface area (Å²) in [7, 11) is 0. The monoisotopic (exact) mass is 345 g/mol. The molecule has 6 heteroatoms. The number of nitrogens with zero attached hydrogens (tertiary/aromatic N) is 1. The second-order valence-corrected chi connectivity index (χ2v) is 6.78. The molecular weight excluding hydrogens is 318 g/mol. The van der Waals surface area contributed by atoms with E-state index in [1.165, 1.54) is 0 Å². The molecule has 2 N–H and O–H groups in total. The van der Waals surface area contributed by atoms with Crippen LogP contribution in [0.2, 0.25) is 0 Å². The first-order chi connectivity index (χ1) is 12.1. The zero-order valence-electron chi connectivity index (χ0n) is 14.8. The number of aryl methyl sites for hydroxylation is 1. The number of rotatable bonds is 5. The zero-order chi connectivity index (χ0) is 17.6. The highest BCUT2D eigenvalue weighted by Gasteiger charge is 2.28. The van der Waals surface area contributed by atoms with Crippen molar-refractivity contribution < 1.29 is 14.3 Å². The maximum atomic E-state index is 12.3. The molecule has 2 amide bonds. The normalized spacial score (nSPS) is 23.5. The molecule has 2 aliphatic heterocycles. The molecule has 1 aromatic rings. The Morgan fingerprint density at radius 2 is 1.96 bits per heavy atom. The smallest absolute Gasteiger partial charge is 0.244 e. The van der Waals surface area contributed by atoms with Crippen molar-refractivity contribution in [2.24, 2.45) is 0 Å². The van der Waals surface area contributed by atoms with Crippen LogP contribution in [0.15, 0.2) is 24.3 Å². The van der Waals surface area contributed by atoms with Gasteiger partial charge in [-0.3, -0.25) is 9.59 Å². The van der Waals surface area contributed by atoms with Gasteiger partial charge in [0, 0.05) is 31.7 Å². The molecular formula is C19H27N3O3. The van der Waals surface area contributed by atoms with Gasteiger partial charge in [-0.15, -0.1) is 0 Å². The Bertz CT molecular complexity index is 596. The van der Waals surface area contributed by atoms with Gasteiger partial charge in [0.05, 0.1) is 12.7 Å². The van der Waals surface area contributed by atoms with E-state index in [9.17, 15) is 9.59 Å². The first-order valence-corrected chi connectivity index (χ1v) is 9.16. The third-order valence-electron chi connectivity index (χ3n) is 4.91. The molecule has 2 heterocycles. The lowest BCUT2D eigenvalue weighted by Crippen LogP contribution is -2.53. The van der Waals surface area contributed by atoms with E-state index in [1.807, 2.05) is 36.1 Å². The number of morpholine rings is 1. The number of carbonyl (C=O) groups is 2. The van der Waals surface area contributed by atoms with Crippen LogP contribution in [-0.2, 0) is 20.7 Å². The summed E-state index contributed by atoms with van der Waals surface area (Å²) < 4.78 is 5.51. The van der Waals surface area contributed by atoms with Gasteiger partial charge in [-0.1, -0.05) is 12.1 Å². The predicted molar refractivity (Wildman–Crippen MR) is 96.4 cm³/mol. The molecule has 25 heavy (non-hydrogen) atoms. The summed E-state index contributed by atoms with van der Waals surface area (Å²) in [4.78, 5) is 26.4. The summed E-state index contributed by atoms with van der Waals surface area (Å²) in [6, 6.07) is 7.40. The van der Waals surface area contributed by atoms with E-state index >= 15 is 0 Å². The molecule has 0 unspecified atom stereocenters. The SMILES string of the molecule is C[C@H]1OCCN[C@@H]1C(=O)Nc1ccc(CCC(=O)N2CCCC2)cc1. The average molecular weight is 345 g/mol. The number of nitrogens with one attached hydrogen (secondary N) is 2. The number of benzene rings is 1. The lowest BCUT2D eigenvalue weighted by molar-refractivity contribution is -0.130. The molecule has 0 spiro atoms. The van der Waals surface area contributed by atoms with Gasteiger partial charge in [-0.2, -0.15) is 0 Å². The third kappa shape index (κ3) is 4.80. The Morgan fingerprint density at radius 3 is 2.64 bits per heavy atom. The topological polar surface area (TPSA) is 70.7 Å². The summed E-state index contributed by atoms with van der Waals surface area (Å²) >= 11 is 0. The maximum Gasteiger partial charge on any atom is 0.244 e. The molecule has 136 valence electrons. The second kappa shape index (κ2) is 8.45. The van der Waals surface area contributed by atoms with Crippen molar-refractivity contribution in [2.75, 3.05) is 31.6 Å². The van der Waals surface area contributed by atoms with Crippen molar-refractivity contribution in [2.45, 2.75) is 44.8 Å². The number of likely N-dealkylation sites (tertiary alicyclic amines) is 1. The number of ether oxygens (including phenoxy) is 1. The van der Waals surface area contributed by atoms with Gasteiger partial charge >= 0.3 is 0 Å². The second-order valence-electron chi connectivity index (χ2n) is 6.78. The molecule has 3 rings (SSSR count). The van der Waals surface area contributed by atoms with Crippen LogP contribution < -0.4 is 10.6 Å². The van der Waals surface area contributed by atoms with Gasteiger partial charge in [-0.05, 0) is 43.9 Å². The van der Waals surface area contributed by atoms with Crippen molar-refractivity contribution in [3.05, 3.63) is 29.8 Å². The minimum absolute atomic E-state index is 0.0795. The van der Waals surface area contributed by atoms with Gasteiger partial charge in [0.1, 0.15) is 6.04 Å². The van der Waals surface area contributed by atoms with Crippen LogP contribution in [0, 0.1) is 0 Å². The van der Waals surface area contributed by atoms with Crippen LogP contribution in [-0.4, -0.2) is 55.1 Å². The van der Waals surface area contributed by atoms with Crippen LogP contribution in [0.1, 0.15) is 31.7 Å². The zero-order valence-corrected chi connectivity index (χ0v) is 14.8. The molecule has 2 atom stereocenters. The summed E-state index contributed by atoms with van der Waals surface area (Å²) in [5.41, 5.74) is 1.87. The fourth-order valence-electron chi connectivity index (χ4n) is 3.38. The van der Waals surface area contributed by atoms with Crippen molar-refractivity contribution >= 4 is 17.5 Å². The fourth-order valence-corrected chi connectivity index (χ4v) is 3.38. The summed E-state index contributed by atoms with van der Waals surface area (Å²) in [6.07, 6.45) is 3.40. The number of amides is 2. The molecule has 1 aromatic carbocycles.